The summed E-state index contributed by atoms with van der Waals surface area (Å²) in [6, 6.07) is 5.72. The third-order valence-electron chi connectivity index (χ3n) is 5.86. The van der Waals surface area contributed by atoms with Crippen LogP contribution < -0.4 is 21.9 Å². The van der Waals surface area contributed by atoms with E-state index < -0.39 is 17.1 Å². The molecule has 1 aromatic carbocycles. The topological polar surface area (TPSA) is 115 Å². The number of benzene rings is 1. The Hall–Kier alpha value is -3.89. The molecule has 1 saturated heterocycles. The lowest BCUT2D eigenvalue weighted by Crippen LogP contribution is -2.44. The van der Waals surface area contributed by atoms with Crippen LogP contribution in [0.4, 0.5) is 10.3 Å². The number of halogens is 1. The van der Waals surface area contributed by atoms with Crippen molar-refractivity contribution in [2.24, 2.45) is 12.8 Å². The summed E-state index contributed by atoms with van der Waals surface area (Å²) in [7, 11) is 1.56. The number of nitrogens with two attached hydrogens (primary N) is 1. The van der Waals surface area contributed by atoms with Gasteiger partial charge in [0, 0.05) is 26.2 Å². The smallest absolute Gasteiger partial charge is 0.332 e. The van der Waals surface area contributed by atoms with Gasteiger partial charge in [-0.05, 0) is 37.5 Å². The molecular weight excluding hydrogens is 425 g/mol. The van der Waals surface area contributed by atoms with Crippen molar-refractivity contribution < 1.29 is 4.39 Å². The third-order valence-corrected chi connectivity index (χ3v) is 5.86. The van der Waals surface area contributed by atoms with Gasteiger partial charge in [0.25, 0.3) is 5.56 Å². The quantitative estimate of drug-likeness (QED) is 0.592. The summed E-state index contributed by atoms with van der Waals surface area (Å²) in [5.41, 5.74) is 5.93. The van der Waals surface area contributed by atoms with Gasteiger partial charge in [0.15, 0.2) is 11.2 Å². The Morgan fingerprint density at radius 2 is 2.09 bits per heavy atom. The molecule has 9 nitrogen and oxygen atoms in total. The van der Waals surface area contributed by atoms with Crippen molar-refractivity contribution in [3.05, 3.63) is 56.0 Å². The van der Waals surface area contributed by atoms with Crippen LogP contribution in [0, 0.1) is 29.0 Å². The lowest BCUT2D eigenvalue weighted by Gasteiger charge is -2.31. The number of nitrogens with zero attached hydrogens (tertiary/aromatic N) is 6. The number of hydrogen-bond donors (Lipinski definition) is 1. The number of nitriles is 1. The zero-order valence-electron chi connectivity index (χ0n) is 18.5. The van der Waals surface area contributed by atoms with Crippen molar-refractivity contribution in [3.63, 3.8) is 0 Å². The Labute approximate surface area is 189 Å². The van der Waals surface area contributed by atoms with E-state index in [1.807, 2.05) is 4.90 Å². The van der Waals surface area contributed by atoms with Crippen LogP contribution in [0.1, 0.15) is 30.9 Å². The Kier molecular flexibility index (Phi) is 6.03. The van der Waals surface area contributed by atoms with Crippen LogP contribution in [0.25, 0.3) is 11.2 Å². The largest absolute Gasteiger partial charge is 0.341 e. The van der Waals surface area contributed by atoms with E-state index in [0.717, 1.165) is 30.0 Å². The molecule has 2 aromatic heterocycles. The lowest BCUT2D eigenvalue weighted by atomic mass is 10.1. The maximum absolute atomic E-state index is 13.7. The zero-order chi connectivity index (χ0) is 23.7. The van der Waals surface area contributed by atoms with Gasteiger partial charge in [0.05, 0.1) is 18.7 Å². The minimum atomic E-state index is -0.655. The van der Waals surface area contributed by atoms with Crippen LogP contribution in [0.5, 0.6) is 0 Å². The van der Waals surface area contributed by atoms with Crippen LogP contribution >= 0.6 is 0 Å². The molecule has 0 saturated carbocycles. The number of imidazole rings is 1. The number of aromatic nitrogens is 4. The summed E-state index contributed by atoms with van der Waals surface area (Å²) in [5, 5.41) is 9.11. The monoisotopic (exact) mass is 449 g/mol. The second kappa shape index (κ2) is 8.93. The first-order valence-electron chi connectivity index (χ1n) is 10.6. The highest BCUT2D eigenvalue weighted by atomic mass is 19.1. The minimum absolute atomic E-state index is 0.00226. The van der Waals surface area contributed by atoms with Gasteiger partial charge in [-0.15, -0.1) is 5.92 Å². The van der Waals surface area contributed by atoms with Gasteiger partial charge in [-0.3, -0.25) is 18.5 Å². The second-order valence-corrected chi connectivity index (χ2v) is 8.10. The second-order valence-electron chi connectivity index (χ2n) is 8.10. The maximum Gasteiger partial charge on any atom is 0.332 e. The predicted molar refractivity (Wildman–Crippen MR) is 122 cm³/mol. The van der Waals surface area contributed by atoms with Gasteiger partial charge in [0.2, 0.25) is 5.95 Å². The Morgan fingerprint density at radius 1 is 1.30 bits per heavy atom. The fourth-order valence-electron chi connectivity index (χ4n) is 4.18. The molecule has 0 unspecified atom stereocenters. The van der Waals surface area contributed by atoms with Crippen molar-refractivity contribution in [3.8, 4) is 17.9 Å². The third kappa shape index (κ3) is 4.01. The number of aryl methyl sites for hydroxylation is 1. The highest BCUT2D eigenvalue weighted by molar-refractivity contribution is 5.75. The lowest BCUT2D eigenvalue weighted by molar-refractivity contribution is 0.496. The molecule has 4 rings (SSSR count). The highest BCUT2D eigenvalue weighted by Crippen LogP contribution is 2.23. The van der Waals surface area contributed by atoms with E-state index in [1.165, 1.54) is 16.7 Å². The van der Waals surface area contributed by atoms with Crippen molar-refractivity contribution in [2.45, 2.75) is 38.9 Å². The molecule has 1 aliphatic rings. The molecule has 0 radical (unpaired) electrons. The summed E-state index contributed by atoms with van der Waals surface area (Å²) < 4.78 is 17.9. The molecule has 0 aliphatic carbocycles. The molecule has 3 heterocycles. The van der Waals surface area contributed by atoms with Crippen LogP contribution in [-0.4, -0.2) is 37.8 Å². The molecule has 3 aromatic rings. The number of piperidine rings is 1. The van der Waals surface area contributed by atoms with Crippen molar-refractivity contribution in [1.82, 2.24) is 18.7 Å². The van der Waals surface area contributed by atoms with Gasteiger partial charge in [-0.2, -0.15) is 10.2 Å². The van der Waals surface area contributed by atoms with E-state index in [9.17, 15) is 14.0 Å². The number of fused-ring (bicyclic) bond motifs is 1. The van der Waals surface area contributed by atoms with E-state index in [2.05, 4.69) is 16.8 Å². The Bertz CT molecular complexity index is 1450. The minimum Gasteiger partial charge on any atom is -0.341 e. The average Bonchev–Trinajstić information content (AvgIpc) is 3.19. The zero-order valence-corrected chi connectivity index (χ0v) is 18.5. The normalized spacial score (nSPS) is 15.8. The summed E-state index contributed by atoms with van der Waals surface area (Å²) >= 11 is 0. The Balaban J connectivity index is 1.91. The standard InChI is InChI=1S/C23H24FN7O2/c1-3-4-10-30-19-20(27-22(30)29-9-5-6-17(26)14-29)28(2)23(33)31(21(19)32)13-15-7-8-18(24)16(11-15)12-25/h7-8,11,17H,5-6,9-10,13-14,26H2,1-2H3/t17-/m1/s1. The van der Waals surface area contributed by atoms with Crippen LogP contribution in [0.15, 0.2) is 27.8 Å². The average molecular weight is 449 g/mol. The van der Waals surface area contributed by atoms with E-state index in [1.54, 1.807) is 24.6 Å². The summed E-state index contributed by atoms with van der Waals surface area (Å²) in [5.74, 6) is 5.73. The van der Waals surface area contributed by atoms with Gasteiger partial charge in [-0.1, -0.05) is 12.0 Å². The molecular formula is C23H24FN7O2. The molecule has 1 aliphatic heterocycles. The van der Waals surface area contributed by atoms with Crippen LogP contribution in [0.2, 0.25) is 0 Å². The fourth-order valence-corrected chi connectivity index (χ4v) is 4.18. The number of hydrogen-bond acceptors (Lipinski definition) is 6. The molecule has 0 amide bonds. The van der Waals surface area contributed by atoms with E-state index in [4.69, 9.17) is 11.0 Å². The summed E-state index contributed by atoms with van der Waals surface area (Å²) in [6.45, 7) is 3.18. The molecule has 10 heteroatoms. The first-order chi connectivity index (χ1) is 15.8. The molecule has 1 fully saturated rings. The molecule has 2 N–H and O–H groups in total. The van der Waals surface area contributed by atoms with Crippen LogP contribution in [-0.2, 0) is 20.1 Å². The van der Waals surface area contributed by atoms with Crippen molar-refractivity contribution >= 4 is 17.1 Å². The first-order valence-corrected chi connectivity index (χ1v) is 10.6. The predicted octanol–water partition coefficient (Wildman–Crippen LogP) is 0.907. The van der Waals surface area contributed by atoms with Gasteiger partial charge in [-0.25, -0.2) is 9.18 Å². The fraction of sp³-hybridized carbons (Fsp3) is 0.391. The number of anilines is 1. The summed E-state index contributed by atoms with van der Waals surface area (Å²) in [6.07, 6.45) is 1.82. The molecule has 0 bridgehead atoms. The molecule has 33 heavy (non-hydrogen) atoms. The first kappa shape index (κ1) is 22.3. The molecule has 170 valence electrons. The SMILES string of the molecule is CC#CCn1c(N2CCC[C@@H](N)C2)nc2c1c(=O)n(Cc1ccc(F)c(C#N)c1)c(=O)n2C. The van der Waals surface area contributed by atoms with E-state index in [-0.39, 0.29) is 35.9 Å². The summed E-state index contributed by atoms with van der Waals surface area (Å²) in [4.78, 5) is 33.3. The van der Waals surface area contributed by atoms with Gasteiger partial charge in [0.1, 0.15) is 11.9 Å². The Morgan fingerprint density at radius 3 is 2.79 bits per heavy atom. The van der Waals surface area contributed by atoms with E-state index >= 15 is 0 Å². The van der Waals surface area contributed by atoms with Crippen LogP contribution in [0.3, 0.4) is 0 Å². The molecule has 1 atom stereocenters. The van der Waals surface area contributed by atoms with Gasteiger partial charge >= 0.3 is 5.69 Å². The maximum atomic E-state index is 13.7. The van der Waals surface area contributed by atoms with Crippen molar-refractivity contribution in [2.75, 3.05) is 18.0 Å². The van der Waals surface area contributed by atoms with E-state index in [0.29, 0.717) is 18.1 Å². The van der Waals surface area contributed by atoms with Crippen molar-refractivity contribution in [1.29, 1.82) is 5.26 Å². The molecule has 0 spiro atoms. The van der Waals surface area contributed by atoms with Gasteiger partial charge < -0.3 is 10.6 Å². The highest BCUT2D eigenvalue weighted by Gasteiger charge is 2.26. The number of rotatable bonds is 4.